The van der Waals surface area contributed by atoms with Crippen molar-refractivity contribution < 1.29 is 9.72 Å². The van der Waals surface area contributed by atoms with E-state index in [0.717, 1.165) is 30.9 Å². The van der Waals surface area contributed by atoms with E-state index in [1.165, 1.54) is 23.9 Å². The molecule has 0 spiro atoms. The lowest BCUT2D eigenvalue weighted by Crippen LogP contribution is -2.39. The van der Waals surface area contributed by atoms with Gasteiger partial charge in [-0.1, -0.05) is 24.0 Å². The molecule has 1 aromatic heterocycles. The molecule has 1 N–H and O–H groups in total. The summed E-state index contributed by atoms with van der Waals surface area (Å²) in [5.74, 6) is -0.0600. The minimum Gasteiger partial charge on any atom is -0.317 e. The van der Waals surface area contributed by atoms with Crippen molar-refractivity contribution in [2.45, 2.75) is 12.5 Å². The van der Waals surface area contributed by atoms with Gasteiger partial charge in [0.15, 0.2) is 0 Å². The van der Waals surface area contributed by atoms with Crippen LogP contribution in [0.2, 0.25) is 0 Å². The molecule has 0 saturated carbocycles. The molecule has 10 heteroatoms. The molecular formula is C18H17ClN4O3S2. The zero-order valence-electron chi connectivity index (χ0n) is 14.6. The second-order valence-corrected chi connectivity index (χ2v) is 7.95. The number of nitrogens with zero attached hydrogens (tertiary/aromatic N) is 3. The number of nitro benzene ring substituents is 1. The lowest BCUT2D eigenvalue weighted by Gasteiger charge is -2.21. The van der Waals surface area contributed by atoms with Gasteiger partial charge in [0, 0.05) is 36.3 Å². The van der Waals surface area contributed by atoms with Crippen LogP contribution in [0.3, 0.4) is 0 Å². The summed E-state index contributed by atoms with van der Waals surface area (Å²) in [6.45, 7) is 1.66. The molecular weight excluding hydrogens is 420 g/mol. The first-order chi connectivity index (χ1) is 13.0. The lowest BCUT2D eigenvalue weighted by molar-refractivity contribution is -0.384. The molecule has 1 unspecified atom stereocenters. The highest BCUT2D eigenvalue weighted by Gasteiger charge is 2.38. The number of nitro groups is 1. The SMILES string of the molecule is Cl.O=C1/C(=C/c2cccn2-c2ccc([N+](=O)[O-])cc2)SC(=S)N1C1CCNC1. The van der Waals surface area contributed by atoms with Crippen LogP contribution in [0.4, 0.5) is 5.69 Å². The fourth-order valence-electron chi connectivity index (χ4n) is 3.27. The highest BCUT2D eigenvalue weighted by Crippen LogP contribution is 2.35. The second-order valence-electron chi connectivity index (χ2n) is 6.27. The maximum atomic E-state index is 12.8. The number of rotatable bonds is 4. The van der Waals surface area contributed by atoms with Crippen LogP contribution in [0, 0.1) is 10.1 Å². The fraction of sp³-hybridized carbons (Fsp3) is 0.222. The Morgan fingerprint density at radius 3 is 2.68 bits per heavy atom. The molecule has 0 radical (unpaired) electrons. The predicted molar refractivity (Wildman–Crippen MR) is 116 cm³/mol. The third-order valence-corrected chi connectivity index (χ3v) is 5.95. The Balaban J connectivity index is 0.00000225. The van der Waals surface area contributed by atoms with E-state index in [0.29, 0.717) is 9.23 Å². The number of carbonyl (C=O) groups excluding carboxylic acids is 1. The van der Waals surface area contributed by atoms with Gasteiger partial charge in [-0.05, 0) is 43.3 Å². The maximum absolute atomic E-state index is 12.8. The fourth-order valence-corrected chi connectivity index (χ4v) is 4.66. The Labute approximate surface area is 177 Å². The number of benzene rings is 1. The van der Waals surface area contributed by atoms with Gasteiger partial charge in [-0.3, -0.25) is 19.8 Å². The Hall–Kier alpha value is -2.20. The maximum Gasteiger partial charge on any atom is 0.269 e. The predicted octanol–water partition coefficient (Wildman–Crippen LogP) is 3.37. The van der Waals surface area contributed by atoms with Crippen molar-refractivity contribution in [3.63, 3.8) is 0 Å². The summed E-state index contributed by atoms with van der Waals surface area (Å²) < 4.78 is 2.47. The third kappa shape index (κ3) is 3.83. The van der Waals surface area contributed by atoms with E-state index in [2.05, 4.69) is 5.32 Å². The van der Waals surface area contributed by atoms with E-state index in [1.807, 2.05) is 29.0 Å². The summed E-state index contributed by atoms with van der Waals surface area (Å²) in [4.78, 5) is 25.5. The number of thioether (sulfide) groups is 1. The Morgan fingerprint density at radius 1 is 1.29 bits per heavy atom. The zero-order chi connectivity index (χ0) is 19.0. The summed E-state index contributed by atoms with van der Waals surface area (Å²) in [5, 5.41) is 14.1. The average Bonchev–Trinajstić information content (AvgIpc) is 3.37. The first-order valence-corrected chi connectivity index (χ1v) is 9.67. The van der Waals surface area contributed by atoms with Crippen molar-refractivity contribution in [1.29, 1.82) is 0 Å². The number of nitrogens with one attached hydrogen (secondary N) is 1. The number of aromatic nitrogens is 1. The van der Waals surface area contributed by atoms with E-state index in [1.54, 1.807) is 17.0 Å². The van der Waals surface area contributed by atoms with E-state index >= 15 is 0 Å². The van der Waals surface area contributed by atoms with Crippen LogP contribution in [0.25, 0.3) is 11.8 Å². The lowest BCUT2D eigenvalue weighted by atomic mass is 10.2. The smallest absolute Gasteiger partial charge is 0.269 e. The van der Waals surface area contributed by atoms with Crippen molar-refractivity contribution in [2.75, 3.05) is 13.1 Å². The Kier molecular flexibility index (Phi) is 6.19. The molecule has 0 aliphatic carbocycles. The van der Waals surface area contributed by atoms with Crippen LogP contribution in [-0.4, -0.2) is 43.7 Å². The topological polar surface area (TPSA) is 80.4 Å². The zero-order valence-corrected chi connectivity index (χ0v) is 17.1. The van der Waals surface area contributed by atoms with E-state index in [9.17, 15) is 14.9 Å². The van der Waals surface area contributed by atoms with Gasteiger partial charge >= 0.3 is 0 Å². The second kappa shape index (κ2) is 8.44. The molecule has 146 valence electrons. The quantitative estimate of drug-likeness (QED) is 0.342. The first-order valence-electron chi connectivity index (χ1n) is 8.44. The largest absolute Gasteiger partial charge is 0.317 e. The number of hydrogen-bond acceptors (Lipinski definition) is 6. The van der Waals surface area contributed by atoms with Gasteiger partial charge in [-0.15, -0.1) is 12.4 Å². The molecule has 28 heavy (non-hydrogen) atoms. The third-order valence-electron chi connectivity index (χ3n) is 4.62. The highest BCUT2D eigenvalue weighted by atomic mass is 35.5. The van der Waals surface area contributed by atoms with Crippen LogP contribution in [-0.2, 0) is 4.79 Å². The molecule has 0 bridgehead atoms. The summed E-state index contributed by atoms with van der Waals surface area (Å²) in [7, 11) is 0. The normalized spacial score (nSPS) is 20.6. The molecule has 2 aliphatic rings. The molecule has 2 aliphatic heterocycles. The summed E-state index contributed by atoms with van der Waals surface area (Å²) in [5.41, 5.74) is 1.64. The summed E-state index contributed by atoms with van der Waals surface area (Å²) in [6, 6.07) is 10.2. The Bertz CT molecular complexity index is 952. The van der Waals surface area contributed by atoms with E-state index in [4.69, 9.17) is 12.2 Å². The number of amides is 1. The van der Waals surface area contributed by atoms with Crippen LogP contribution >= 0.6 is 36.4 Å². The summed E-state index contributed by atoms with van der Waals surface area (Å²) >= 11 is 6.74. The van der Waals surface area contributed by atoms with Crippen LogP contribution in [0.15, 0.2) is 47.5 Å². The molecule has 2 saturated heterocycles. The molecule has 7 nitrogen and oxygen atoms in total. The molecule has 1 amide bonds. The molecule has 1 aromatic carbocycles. The highest BCUT2D eigenvalue weighted by molar-refractivity contribution is 8.26. The average molecular weight is 437 g/mol. The van der Waals surface area contributed by atoms with Gasteiger partial charge < -0.3 is 9.88 Å². The first kappa shape index (κ1) is 20.5. The number of non-ortho nitro benzene ring substituents is 1. The van der Waals surface area contributed by atoms with Crippen molar-refractivity contribution in [3.05, 3.63) is 63.3 Å². The molecule has 2 fully saturated rings. The van der Waals surface area contributed by atoms with Gasteiger partial charge in [0.25, 0.3) is 11.6 Å². The number of thiocarbonyl (C=S) groups is 1. The van der Waals surface area contributed by atoms with Gasteiger partial charge in [0.05, 0.1) is 15.9 Å². The number of halogens is 1. The van der Waals surface area contributed by atoms with Crippen molar-refractivity contribution in [2.24, 2.45) is 0 Å². The minimum atomic E-state index is -0.427. The van der Waals surface area contributed by atoms with E-state index < -0.39 is 4.92 Å². The van der Waals surface area contributed by atoms with Crippen molar-refractivity contribution in [3.8, 4) is 5.69 Å². The summed E-state index contributed by atoms with van der Waals surface area (Å²) in [6.07, 6.45) is 4.58. The molecule has 2 aromatic rings. The molecule has 4 rings (SSSR count). The van der Waals surface area contributed by atoms with Gasteiger partial charge in [0.2, 0.25) is 0 Å². The minimum absolute atomic E-state index is 0. The van der Waals surface area contributed by atoms with Crippen LogP contribution in [0.1, 0.15) is 12.1 Å². The number of hydrogen-bond donors (Lipinski definition) is 1. The molecule has 3 heterocycles. The molecule has 1 atom stereocenters. The van der Waals surface area contributed by atoms with Crippen LogP contribution in [0.5, 0.6) is 0 Å². The Morgan fingerprint density at radius 2 is 2.04 bits per heavy atom. The van der Waals surface area contributed by atoms with Crippen LogP contribution < -0.4 is 5.32 Å². The van der Waals surface area contributed by atoms with Crippen molar-refractivity contribution in [1.82, 2.24) is 14.8 Å². The standard InChI is InChI=1S/C18H16N4O3S2.ClH/c23-17-16(27-18(26)21(17)15-7-8-19-11-15)10-14-2-1-9-20(14)12-3-5-13(6-4-12)22(24)25;/h1-6,9-10,15,19H,7-8,11H2;1H/b16-10-;. The van der Waals surface area contributed by atoms with E-state index in [-0.39, 0.29) is 30.0 Å². The van der Waals surface area contributed by atoms with Crippen molar-refractivity contribution >= 4 is 58.4 Å². The monoisotopic (exact) mass is 436 g/mol. The van der Waals surface area contributed by atoms with Gasteiger partial charge in [0.1, 0.15) is 4.32 Å². The van der Waals surface area contributed by atoms with Gasteiger partial charge in [-0.2, -0.15) is 0 Å². The van der Waals surface area contributed by atoms with Gasteiger partial charge in [-0.25, -0.2) is 0 Å². The number of carbonyl (C=O) groups is 1.